The first-order chi connectivity index (χ1) is 9.65. The van der Waals surface area contributed by atoms with Crippen molar-refractivity contribution in [3.63, 3.8) is 0 Å². The number of thiophene rings is 2. The average molecular weight is 369 g/mol. The largest absolute Gasteiger partial charge is 0.368 e. The quantitative estimate of drug-likeness (QED) is 0.721. The number of rotatable bonds is 4. The minimum atomic E-state index is 0.317. The maximum atomic E-state index is 5.79. The van der Waals surface area contributed by atoms with Gasteiger partial charge in [-0.2, -0.15) is 4.98 Å². The second kappa shape index (κ2) is 5.67. The predicted octanol–water partition coefficient (Wildman–Crippen LogP) is 4.27. The molecule has 3 heterocycles. The second-order valence-corrected chi connectivity index (χ2v) is 7.94. The van der Waals surface area contributed by atoms with Crippen molar-refractivity contribution in [3.05, 3.63) is 31.7 Å². The van der Waals surface area contributed by atoms with Gasteiger partial charge in [-0.15, -0.1) is 22.7 Å². The van der Waals surface area contributed by atoms with Crippen LogP contribution in [0.1, 0.15) is 16.7 Å². The van der Waals surface area contributed by atoms with Crippen molar-refractivity contribution in [1.82, 2.24) is 9.97 Å². The number of hydrogen-bond acceptors (Lipinski definition) is 6. The summed E-state index contributed by atoms with van der Waals surface area (Å²) in [5.41, 5.74) is 5.79. The van der Waals surface area contributed by atoms with Gasteiger partial charge in [-0.25, -0.2) is 4.98 Å². The fraction of sp³-hybridized carbons (Fsp3) is 0.231. The molecule has 0 fully saturated rings. The Kier molecular flexibility index (Phi) is 3.91. The molecule has 3 N–H and O–H groups in total. The zero-order valence-corrected chi connectivity index (χ0v) is 14.0. The molecule has 0 aliphatic carbocycles. The van der Waals surface area contributed by atoms with Crippen molar-refractivity contribution in [2.45, 2.75) is 19.9 Å². The minimum Gasteiger partial charge on any atom is -0.368 e. The zero-order chi connectivity index (χ0) is 14.1. The summed E-state index contributed by atoms with van der Waals surface area (Å²) < 4.78 is 1.13. The molecule has 0 aliphatic rings. The van der Waals surface area contributed by atoms with Gasteiger partial charge in [-0.1, -0.05) is 6.92 Å². The Hall–Kier alpha value is -1.18. The fourth-order valence-electron chi connectivity index (χ4n) is 1.91. The Labute approximate surface area is 133 Å². The standard InChI is InChI=1S/C13H13BrN4S2/c1-2-7-5-9-11(17-13(15)18-12(9)20-7)16-6-8-3-4-10(14)19-8/h3-5H,2,6H2,1H3,(H3,15,16,17,18). The Morgan fingerprint density at radius 3 is 2.80 bits per heavy atom. The Bertz CT molecular complexity index is 750. The van der Waals surface area contributed by atoms with Gasteiger partial charge in [-0.05, 0) is 40.5 Å². The van der Waals surface area contributed by atoms with Crippen molar-refractivity contribution >= 4 is 60.6 Å². The van der Waals surface area contributed by atoms with Crippen molar-refractivity contribution in [2.24, 2.45) is 0 Å². The van der Waals surface area contributed by atoms with E-state index in [4.69, 9.17) is 5.73 Å². The van der Waals surface area contributed by atoms with Gasteiger partial charge in [0.15, 0.2) is 0 Å². The molecule has 0 saturated carbocycles. The molecule has 0 bridgehead atoms. The third kappa shape index (κ3) is 2.79. The third-order valence-corrected chi connectivity index (χ3v) is 5.67. The van der Waals surface area contributed by atoms with Crippen LogP contribution in [0.5, 0.6) is 0 Å². The molecule has 4 nitrogen and oxygen atoms in total. The molecule has 104 valence electrons. The van der Waals surface area contributed by atoms with Crippen LogP contribution in [0, 0.1) is 0 Å². The van der Waals surface area contributed by atoms with E-state index in [-0.39, 0.29) is 0 Å². The summed E-state index contributed by atoms with van der Waals surface area (Å²) in [6, 6.07) is 6.28. The first-order valence-corrected chi connectivity index (χ1v) is 8.62. The van der Waals surface area contributed by atoms with E-state index in [2.05, 4.69) is 50.3 Å². The van der Waals surface area contributed by atoms with Crippen LogP contribution >= 0.6 is 38.6 Å². The minimum absolute atomic E-state index is 0.317. The highest BCUT2D eigenvalue weighted by Gasteiger charge is 2.10. The van der Waals surface area contributed by atoms with Gasteiger partial charge in [-0.3, -0.25) is 0 Å². The van der Waals surface area contributed by atoms with Gasteiger partial charge in [0, 0.05) is 9.75 Å². The predicted molar refractivity (Wildman–Crippen MR) is 90.6 cm³/mol. The lowest BCUT2D eigenvalue weighted by Gasteiger charge is -2.05. The van der Waals surface area contributed by atoms with E-state index in [9.17, 15) is 0 Å². The highest BCUT2D eigenvalue weighted by atomic mass is 79.9. The monoisotopic (exact) mass is 368 g/mol. The van der Waals surface area contributed by atoms with Gasteiger partial charge < -0.3 is 11.1 Å². The molecule has 20 heavy (non-hydrogen) atoms. The number of nitrogens with two attached hydrogens (primary N) is 1. The molecule has 3 rings (SSSR count). The molecule has 0 aromatic carbocycles. The lowest BCUT2D eigenvalue weighted by Crippen LogP contribution is -2.03. The number of fused-ring (bicyclic) bond motifs is 1. The molecule has 0 amide bonds. The van der Waals surface area contributed by atoms with Crippen molar-refractivity contribution in [1.29, 1.82) is 0 Å². The lowest BCUT2D eigenvalue weighted by molar-refractivity contribution is 1.14. The number of nitrogens with one attached hydrogen (secondary N) is 1. The highest BCUT2D eigenvalue weighted by Crippen LogP contribution is 2.30. The summed E-state index contributed by atoms with van der Waals surface area (Å²) in [6.07, 6.45) is 0.998. The van der Waals surface area contributed by atoms with E-state index >= 15 is 0 Å². The zero-order valence-electron chi connectivity index (χ0n) is 10.8. The van der Waals surface area contributed by atoms with Gasteiger partial charge in [0.1, 0.15) is 10.6 Å². The van der Waals surface area contributed by atoms with Crippen molar-refractivity contribution < 1.29 is 0 Å². The SMILES string of the molecule is CCc1cc2c(NCc3ccc(Br)s3)nc(N)nc2s1. The van der Waals surface area contributed by atoms with E-state index in [0.717, 1.165) is 32.8 Å². The number of hydrogen-bond donors (Lipinski definition) is 2. The molecule has 3 aromatic rings. The van der Waals surface area contributed by atoms with Gasteiger partial charge in [0.05, 0.1) is 15.7 Å². The lowest BCUT2D eigenvalue weighted by atomic mass is 10.3. The smallest absolute Gasteiger partial charge is 0.223 e. The van der Waals surface area contributed by atoms with Crippen LogP contribution in [0.15, 0.2) is 22.0 Å². The van der Waals surface area contributed by atoms with Gasteiger partial charge >= 0.3 is 0 Å². The van der Waals surface area contributed by atoms with E-state index in [1.165, 1.54) is 9.75 Å². The Morgan fingerprint density at radius 1 is 1.25 bits per heavy atom. The fourth-order valence-corrected chi connectivity index (χ4v) is 4.31. The Balaban J connectivity index is 1.91. The number of aryl methyl sites for hydroxylation is 1. The van der Waals surface area contributed by atoms with Crippen LogP contribution in [0.25, 0.3) is 10.2 Å². The topological polar surface area (TPSA) is 63.8 Å². The van der Waals surface area contributed by atoms with Crippen LogP contribution in [-0.4, -0.2) is 9.97 Å². The maximum Gasteiger partial charge on any atom is 0.223 e. The molecule has 0 atom stereocenters. The van der Waals surface area contributed by atoms with Crippen LogP contribution in [-0.2, 0) is 13.0 Å². The summed E-state index contributed by atoms with van der Waals surface area (Å²) in [7, 11) is 0. The van der Waals surface area contributed by atoms with Crippen LogP contribution in [0.4, 0.5) is 11.8 Å². The summed E-state index contributed by atoms with van der Waals surface area (Å²) in [6.45, 7) is 2.87. The summed E-state index contributed by atoms with van der Waals surface area (Å²) >= 11 is 6.85. The van der Waals surface area contributed by atoms with Gasteiger partial charge in [0.2, 0.25) is 5.95 Å². The molecule has 0 spiro atoms. The summed E-state index contributed by atoms with van der Waals surface area (Å²) in [5, 5.41) is 4.41. The van der Waals surface area contributed by atoms with Crippen LogP contribution in [0.2, 0.25) is 0 Å². The number of nitrogen functional groups attached to an aromatic ring is 1. The molecule has 0 aliphatic heterocycles. The van der Waals surface area contributed by atoms with E-state index < -0.39 is 0 Å². The molecule has 7 heteroatoms. The van der Waals surface area contributed by atoms with Crippen molar-refractivity contribution in [3.8, 4) is 0 Å². The number of anilines is 2. The number of nitrogens with zero attached hydrogens (tertiary/aromatic N) is 2. The number of aromatic nitrogens is 2. The van der Waals surface area contributed by atoms with E-state index in [1.807, 2.05) is 6.07 Å². The van der Waals surface area contributed by atoms with Crippen LogP contribution < -0.4 is 11.1 Å². The number of halogens is 1. The molecular formula is C13H13BrN4S2. The van der Waals surface area contributed by atoms with E-state index in [1.54, 1.807) is 22.7 Å². The summed E-state index contributed by atoms with van der Waals surface area (Å²) in [4.78, 5) is 12.1. The normalized spacial score (nSPS) is 11.1. The van der Waals surface area contributed by atoms with E-state index in [0.29, 0.717) is 5.95 Å². The van der Waals surface area contributed by atoms with Gasteiger partial charge in [0.25, 0.3) is 0 Å². The first-order valence-electron chi connectivity index (χ1n) is 6.19. The molecule has 0 radical (unpaired) electrons. The van der Waals surface area contributed by atoms with Crippen molar-refractivity contribution in [2.75, 3.05) is 11.1 Å². The van der Waals surface area contributed by atoms with Crippen LogP contribution in [0.3, 0.4) is 0 Å². The third-order valence-electron chi connectivity index (χ3n) is 2.87. The molecule has 0 saturated heterocycles. The summed E-state index contributed by atoms with van der Waals surface area (Å²) in [5.74, 6) is 1.13. The molecule has 0 unspecified atom stereocenters. The Morgan fingerprint density at radius 2 is 2.10 bits per heavy atom. The maximum absolute atomic E-state index is 5.79. The molecule has 3 aromatic heterocycles. The molecular weight excluding hydrogens is 356 g/mol. The second-order valence-electron chi connectivity index (χ2n) is 4.27. The first kappa shape index (κ1) is 13.8. The highest BCUT2D eigenvalue weighted by molar-refractivity contribution is 9.11. The average Bonchev–Trinajstić information content (AvgIpc) is 3.01.